The minimum Gasteiger partial charge on any atom is -0.378 e. The number of amides is 4. The molecule has 6 rings (SSSR count). The highest BCUT2D eigenvalue weighted by Crippen LogP contribution is 2.41. The van der Waals surface area contributed by atoms with Crippen LogP contribution in [0.1, 0.15) is 96.6 Å². The number of nitrogens with one attached hydrogen (secondary N) is 3. The fraction of sp³-hybridized carbons (Fsp3) is 0.561. The third-order valence-electron chi connectivity index (χ3n) is 11.8. The number of nitrogens with zero attached hydrogens (tertiary/aromatic N) is 4. The number of carbonyl (C=O) groups is 4. The first-order valence-corrected chi connectivity index (χ1v) is 20.0. The maximum Gasteiger partial charge on any atom is 0.417 e. The number of alkyl halides is 3. The Balaban J connectivity index is 0.943. The van der Waals surface area contributed by atoms with Gasteiger partial charge in [0, 0.05) is 42.5 Å². The second kappa shape index (κ2) is 17.1. The van der Waals surface area contributed by atoms with Gasteiger partial charge < -0.3 is 20.3 Å². The number of imide groups is 1. The molecule has 1 unspecified atom stereocenters. The highest BCUT2D eigenvalue weighted by atomic mass is 32.1. The minimum absolute atomic E-state index is 0.00878. The molecule has 2 aromatic carbocycles. The summed E-state index contributed by atoms with van der Waals surface area (Å²) in [6.45, 7) is 8.64. The molecule has 4 atom stereocenters. The van der Waals surface area contributed by atoms with E-state index in [1.165, 1.54) is 6.07 Å². The van der Waals surface area contributed by atoms with Gasteiger partial charge in [0.05, 0.1) is 35.5 Å². The summed E-state index contributed by atoms with van der Waals surface area (Å²) in [5.41, 5.74) is -1.40. The topological polar surface area (TPSA) is 147 Å². The first-order valence-electron chi connectivity index (χ1n) is 19.6. The van der Waals surface area contributed by atoms with Gasteiger partial charge in [-0.05, 0) is 134 Å². The maximum atomic E-state index is 13.7. The molecule has 57 heavy (non-hydrogen) atoms. The summed E-state index contributed by atoms with van der Waals surface area (Å²) >= 11 is 5.74. The van der Waals surface area contributed by atoms with Gasteiger partial charge in [0.2, 0.25) is 17.7 Å². The first kappa shape index (κ1) is 42.0. The lowest BCUT2D eigenvalue weighted by Crippen LogP contribution is -2.51. The molecule has 0 radical (unpaired) electrons. The SMILES string of the molecule is C[C@@H]1C[C@@H](CCO[C@H]2CC[C@H](N3C(=S)N(c4ccc(C#N)c(C(F)(F)F)c4)C(=O)C3(C)C)CC2)C[C@H](C)N1CC(=O)Nc1cccc(NC2CCC(=O)NC2=O)c1. The number of ether oxygens (including phenoxy) is 1. The van der Waals surface area contributed by atoms with Gasteiger partial charge in [-0.2, -0.15) is 18.4 Å². The second-order valence-electron chi connectivity index (χ2n) is 16.3. The summed E-state index contributed by atoms with van der Waals surface area (Å²) in [6, 6.07) is 11.8. The lowest BCUT2D eigenvalue weighted by molar-refractivity contribution is -0.138. The Bertz CT molecular complexity index is 1920. The van der Waals surface area contributed by atoms with E-state index in [1.54, 1.807) is 38.1 Å². The summed E-state index contributed by atoms with van der Waals surface area (Å²) in [7, 11) is 0. The van der Waals surface area contributed by atoms with E-state index in [9.17, 15) is 37.6 Å². The number of nitriles is 1. The molecule has 4 aliphatic rings. The van der Waals surface area contributed by atoms with Crippen molar-refractivity contribution in [1.82, 2.24) is 15.1 Å². The van der Waals surface area contributed by atoms with E-state index in [0.29, 0.717) is 43.2 Å². The summed E-state index contributed by atoms with van der Waals surface area (Å²) in [4.78, 5) is 55.7. The monoisotopic (exact) mass is 809 g/mol. The molecule has 2 aromatic rings. The van der Waals surface area contributed by atoms with E-state index >= 15 is 0 Å². The average Bonchev–Trinajstić information content (AvgIpc) is 3.32. The molecule has 1 saturated carbocycles. The van der Waals surface area contributed by atoms with E-state index in [2.05, 4.69) is 34.7 Å². The number of carbonyl (C=O) groups excluding carboxylic acids is 4. The van der Waals surface area contributed by atoms with Crippen molar-refractivity contribution in [3.8, 4) is 6.07 Å². The van der Waals surface area contributed by atoms with Crippen molar-refractivity contribution in [3.63, 3.8) is 0 Å². The van der Waals surface area contributed by atoms with Crippen LogP contribution in [0.5, 0.6) is 0 Å². The van der Waals surface area contributed by atoms with Crippen LogP contribution in [0.15, 0.2) is 42.5 Å². The molecule has 1 aliphatic carbocycles. The van der Waals surface area contributed by atoms with Crippen LogP contribution in [0.2, 0.25) is 0 Å². The number of hydrogen-bond donors (Lipinski definition) is 3. The molecule has 0 aromatic heterocycles. The maximum absolute atomic E-state index is 13.7. The van der Waals surface area contributed by atoms with Crippen LogP contribution in [0.25, 0.3) is 0 Å². The van der Waals surface area contributed by atoms with Gasteiger partial charge >= 0.3 is 6.18 Å². The fourth-order valence-corrected chi connectivity index (χ4v) is 9.49. The zero-order valence-electron chi connectivity index (χ0n) is 32.7. The summed E-state index contributed by atoms with van der Waals surface area (Å²) < 4.78 is 47.6. The minimum atomic E-state index is -4.76. The average molecular weight is 810 g/mol. The number of hydrogen-bond acceptors (Lipinski definition) is 9. The van der Waals surface area contributed by atoms with E-state index in [4.69, 9.17) is 17.0 Å². The van der Waals surface area contributed by atoms with Crippen molar-refractivity contribution in [3.05, 3.63) is 53.6 Å². The van der Waals surface area contributed by atoms with Gasteiger partial charge in [-0.15, -0.1) is 0 Å². The fourth-order valence-electron chi connectivity index (χ4n) is 8.92. The Labute approximate surface area is 336 Å². The Morgan fingerprint density at radius 3 is 2.35 bits per heavy atom. The van der Waals surface area contributed by atoms with Gasteiger partial charge in [0.1, 0.15) is 11.6 Å². The van der Waals surface area contributed by atoms with E-state index in [0.717, 1.165) is 49.1 Å². The molecule has 16 heteroatoms. The van der Waals surface area contributed by atoms with Crippen molar-refractivity contribution >= 4 is 58.0 Å². The van der Waals surface area contributed by atoms with Crippen molar-refractivity contribution in [1.29, 1.82) is 5.26 Å². The van der Waals surface area contributed by atoms with Gasteiger partial charge in [-0.1, -0.05) is 6.07 Å². The van der Waals surface area contributed by atoms with Crippen LogP contribution in [0.3, 0.4) is 0 Å². The predicted octanol–water partition coefficient (Wildman–Crippen LogP) is 6.35. The summed E-state index contributed by atoms with van der Waals surface area (Å²) in [5, 5.41) is 17.9. The van der Waals surface area contributed by atoms with E-state index in [-0.39, 0.29) is 65.7 Å². The van der Waals surface area contributed by atoms with E-state index in [1.807, 2.05) is 11.0 Å². The number of rotatable bonds is 11. The van der Waals surface area contributed by atoms with Crippen LogP contribution < -0.4 is 20.9 Å². The largest absolute Gasteiger partial charge is 0.417 e. The van der Waals surface area contributed by atoms with Crippen LogP contribution in [0, 0.1) is 17.2 Å². The van der Waals surface area contributed by atoms with Gasteiger partial charge in [-0.3, -0.25) is 34.3 Å². The number of thiocarbonyl (C=S) groups is 1. The third kappa shape index (κ3) is 9.42. The van der Waals surface area contributed by atoms with Crippen LogP contribution in [-0.2, 0) is 30.1 Å². The lowest BCUT2D eigenvalue weighted by atomic mass is 9.85. The first-order chi connectivity index (χ1) is 27.0. The van der Waals surface area contributed by atoms with Gasteiger partial charge in [0.25, 0.3) is 5.91 Å². The van der Waals surface area contributed by atoms with Crippen LogP contribution >= 0.6 is 12.2 Å². The van der Waals surface area contributed by atoms with Crippen LogP contribution in [0.4, 0.5) is 30.2 Å². The normalized spacial score (nSPS) is 26.9. The zero-order chi connectivity index (χ0) is 41.2. The van der Waals surface area contributed by atoms with Crippen molar-refractivity contribution in [2.45, 2.75) is 127 Å². The Morgan fingerprint density at radius 2 is 1.70 bits per heavy atom. The molecular formula is C41H50F3N7O5S. The molecule has 306 valence electrons. The smallest absolute Gasteiger partial charge is 0.378 e. The number of piperidine rings is 2. The molecule has 3 heterocycles. The number of likely N-dealkylation sites (tertiary alicyclic amines) is 1. The molecule has 4 amide bonds. The molecular weight excluding hydrogens is 760 g/mol. The van der Waals surface area contributed by atoms with Crippen LogP contribution in [-0.4, -0.2) is 87.5 Å². The molecule has 0 bridgehead atoms. The standard InChI is InChI=1S/C41H50F3N7O5S/c1-24-18-26(19-25(2)49(24)23-36(53)47-29-7-5-6-28(20-29)46-34-14-15-35(52)48-37(34)54)16-17-56-32-12-10-30(11-13-32)51-39(57)50(38(55)40(51,3)4)31-9-8-27(22-45)33(21-31)41(42,43)44/h5-9,20-21,24-26,30,32,34,46H,10-19,23H2,1-4H3,(H,47,53)(H,48,52,54)/t24-,25+,26-,30-,32-,34?. The molecule has 0 spiro atoms. The van der Waals surface area contributed by atoms with Gasteiger partial charge in [-0.25, -0.2) is 0 Å². The molecule has 4 fully saturated rings. The molecule has 3 saturated heterocycles. The predicted molar refractivity (Wildman–Crippen MR) is 212 cm³/mol. The quantitative estimate of drug-likeness (QED) is 0.173. The third-order valence-corrected chi connectivity index (χ3v) is 12.2. The highest BCUT2D eigenvalue weighted by Gasteiger charge is 2.52. The Hall–Kier alpha value is -4.59. The van der Waals surface area contributed by atoms with Crippen molar-refractivity contribution < 1.29 is 37.1 Å². The second-order valence-corrected chi connectivity index (χ2v) is 16.6. The summed E-state index contributed by atoms with van der Waals surface area (Å²) in [6.07, 6.45) is 1.70. The van der Waals surface area contributed by atoms with Gasteiger partial charge in [0.15, 0.2) is 5.11 Å². The Morgan fingerprint density at radius 1 is 1.02 bits per heavy atom. The number of anilines is 3. The Kier molecular flexibility index (Phi) is 12.6. The highest BCUT2D eigenvalue weighted by molar-refractivity contribution is 7.80. The van der Waals surface area contributed by atoms with Crippen molar-refractivity contribution in [2.75, 3.05) is 28.7 Å². The molecule has 3 N–H and O–H groups in total. The zero-order valence-corrected chi connectivity index (χ0v) is 33.5. The number of benzene rings is 2. The number of halogens is 3. The van der Waals surface area contributed by atoms with E-state index < -0.39 is 34.8 Å². The molecule has 12 nitrogen and oxygen atoms in total. The summed E-state index contributed by atoms with van der Waals surface area (Å²) in [5.74, 6) is -0.723. The van der Waals surface area contributed by atoms with Crippen molar-refractivity contribution in [2.24, 2.45) is 5.92 Å². The molecule has 3 aliphatic heterocycles. The lowest BCUT2D eigenvalue weighted by Gasteiger charge is -2.42.